The lowest BCUT2D eigenvalue weighted by atomic mass is 9.92. The average Bonchev–Trinajstić information content (AvgIpc) is 2.73. The summed E-state index contributed by atoms with van der Waals surface area (Å²) in [4.78, 5) is 22.3. The molecule has 17 heavy (non-hydrogen) atoms. The number of aliphatic carboxylic acids is 1. The molecular formula is C13H15NO3. The summed E-state index contributed by atoms with van der Waals surface area (Å²) < 4.78 is 0. The quantitative estimate of drug-likeness (QED) is 0.828. The minimum atomic E-state index is -0.836. The molecule has 1 fully saturated rings. The van der Waals surface area contributed by atoms with Crippen molar-refractivity contribution in [1.82, 2.24) is 5.32 Å². The van der Waals surface area contributed by atoms with Gasteiger partial charge in [0.2, 0.25) is 5.91 Å². The number of hydrogen-bond donors (Lipinski definition) is 2. The first kappa shape index (κ1) is 11.6. The summed E-state index contributed by atoms with van der Waals surface area (Å²) in [6, 6.07) is 9.14. The molecule has 0 radical (unpaired) electrons. The predicted octanol–water partition coefficient (Wildman–Crippen LogP) is 1.52. The maximum absolute atomic E-state index is 11.3. The van der Waals surface area contributed by atoms with Gasteiger partial charge in [-0.1, -0.05) is 30.3 Å². The van der Waals surface area contributed by atoms with Gasteiger partial charge in [0.15, 0.2) is 0 Å². The zero-order valence-corrected chi connectivity index (χ0v) is 9.43. The number of carbonyl (C=O) groups is 2. The molecule has 1 heterocycles. The van der Waals surface area contributed by atoms with E-state index in [0.717, 1.165) is 12.0 Å². The molecule has 2 unspecified atom stereocenters. The Labute approximate surface area is 99.6 Å². The van der Waals surface area contributed by atoms with E-state index in [2.05, 4.69) is 5.32 Å². The number of amides is 1. The SMILES string of the molecule is O=C1CCC(CC(C(=O)O)c2ccccc2)N1. The maximum Gasteiger partial charge on any atom is 0.311 e. The van der Waals surface area contributed by atoms with Crippen molar-refractivity contribution in [2.45, 2.75) is 31.2 Å². The van der Waals surface area contributed by atoms with Crippen LogP contribution in [0.2, 0.25) is 0 Å². The normalized spacial score (nSPS) is 20.9. The summed E-state index contributed by atoms with van der Waals surface area (Å²) in [5, 5.41) is 12.0. The summed E-state index contributed by atoms with van der Waals surface area (Å²) >= 11 is 0. The average molecular weight is 233 g/mol. The molecule has 1 aromatic carbocycles. The van der Waals surface area contributed by atoms with Crippen molar-refractivity contribution in [3.63, 3.8) is 0 Å². The molecule has 4 heteroatoms. The van der Waals surface area contributed by atoms with Crippen molar-refractivity contribution in [3.05, 3.63) is 35.9 Å². The Hall–Kier alpha value is -1.84. The predicted molar refractivity (Wildman–Crippen MR) is 62.6 cm³/mol. The smallest absolute Gasteiger partial charge is 0.311 e. The fourth-order valence-electron chi connectivity index (χ4n) is 2.20. The van der Waals surface area contributed by atoms with Gasteiger partial charge in [-0.15, -0.1) is 0 Å². The molecule has 1 aliphatic heterocycles. The molecule has 2 rings (SSSR count). The number of hydrogen-bond acceptors (Lipinski definition) is 2. The standard InChI is InChI=1S/C13H15NO3/c15-12-7-6-10(14-12)8-11(13(16)17)9-4-2-1-3-5-9/h1-5,10-11H,6-8H2,(H,14,15)(H,16,17). The van der Waals surface area contributed by atoms with Crippen LogP contribution in [0.1, 0.15) is 30.7 Å². The number of carboxylic acids is 1. The third-order valence-corrected chi connectivity index (χ3v) is 3.11. The zero-order valence-electron chi connectivity index (χ0n) is 9.43. The van der Waals surface area contributed by atoms with Gasteiger partial charge in [0.25, 0.3) is 0 Å². The van der Waals surface area contributed by atoms with E-state index < -0.39 is 11.9 Å². The van der Waals surface area contributed by atoms with Gasteiger partial charge in [0, 0.05) is 12.5 Å². The summed E-state index contributed by atoms with van der Waals surface area (Å²) in [7, 11) is 0. The first-order chi connectivity index (χ1) is 8.16. The molecular weight excluding hydrogens is 218 g/mol. The number of carboxylic acid groups (broad SMARTS) is 1. The van der Waals surface area contributed by atoms with Gasteiger partial charge in [0.1, 0.15) is 0 Å². The third-order valence-electron chi connectivity index (χ3n) is 3.11. The van der Waals surface area contributed by atoms with Gasteiger partial charge in [-0.2, -0.15) is 0 Å². The van der Waals surface area contributed by atoms with Crippen LogP contribution in [0.5, 0.6) is 0 Å². The van der Waals surface area contributed by atoms with Crippen molar-refractivity contribution in [3.8, 4) is 0 Å². The van der Waals surface area contributed by atoms with Crippen LogP contribution in [0.4, 0.5) is 0 Å². The van der Waals surface area contributed by atoms with Crippen LogP contribution in [-0.4, -0.2) is 23.0 Å². The van der Waals surface area contributed by atoms with Crippen LogP contribution in [0, 0.1) is 0 Å². The zero-order chi connectivity index (χ0) is 12.3. The van der Waals surface area contributed by atoms with Crippen molar-refractivity contribution < 1.29 is 14.7 Å². The fourth-order valence-corrected chi connectivity index (χ4v) is 2.20. The largest absolute Gasteiger partial charge is 0.481 e. The Morgan fingerprint density at radius 2 is 2.12 bits per heavy atom. The van der Waals surface area contributed by atoms with E-state index in [1.807, 2.05) is 30.3 Å². The lowest BCUT2D eigenvalue weighted by molar-refractivity contribution is -0.139. The van der Waals surface area contributed by atoms with Crippen LogP contribution >= 0.6 is 0 Å². The highest BCUT2D eigenvalue weighted by Gasteiger charge is 2.28. The maximum atomic E-state index is 11.3. The van der Waals surface area contributed by atoms with Crippen LogP contribution < -0.4 is 5.32 Å². The second kappa shape index (κ2) is 4.99. The van der Waals surface area contributed by atoms with E-state index in [4.69, 9.17) is 0 Å². The highest BCUT2D eigenvalue weighted by Crippen LogP contribution is 2.24. The number of carbonyl (C=O) groups excluding carboxylic acids is 1. The monoisotopic (exact) mass is 233 g/mol. The molecule has 1 aliphatic rings. The highest BCUT2D eigenvalue weighted by molar-refractivity contribution is 5.79. The molecule has 0 spiro atoms. The minimum Gasteiger partial charge on any atom is -0.481 e. The molecule has 4 nitrogen and oxygen atoms in total. The Morgan fingerprint density at radius 3 is 2.65 bits per heavy atom. The van der Waals surface area contributed by atoms with E-state index in [1.54, 1.807) is 0 Å². The molecule has 90 valence electrons. The van der Waals surface area contributed by atoms with Crippen molar-refractivity contribution in [1.29, 1.82) is 0 Å². The van der Waals surface area contributed by atoms with Gasteiger partial charge in [0.05, 0.1) is 5.92 Å². The van der Waals surface area contributed by atoms with E-state index in [9.17, 15) is 14.7 Å². The van der Waals surface area contributed by atoms with Gasteiger partial charge in [-0.25, -0.2) is 0 Å². The second-order valence-electron chi connectivity index (χ2n) is 4.34. The molecule has 0 aliphatic carbocycles. The van der Waals surface area contributed by atoms with Crippen LogP contribution in [0.3, 0.4) is 0 Å². The van der Waals surface area contributed by atoms with E-state index in [-0.39, 0.29) is 11.9 Å². The van der Waals surface area contributed by atoms with Crippen molar-refractivity contribution in [2.24, 2.45) is 0 Å². The lowest BCUT2D eigenvalue weighted by Gasteiger charge is -2.17. The molecule has 2 N–H and O–H groups in total. The summed E-state index contributed by atoms with van der Waals surface area (Å²) in [6.45, 7) is 0. The van der Waals surface area contributed by atoms with Crippen molar-refractivity contribution >= 4 is 11.9 Å². The van der Waals surface area contributed by atoms with Gasteiger partial charge in [-0.3, -0.25) is 9.59 Å². The van der Waals surface area contributed by atoms with Gasteiger partial charge in [-0.05, 0) is 18.4 Å². The lowest BCUT2D eigenvalue weighted by Crippen LogP contribution is -2.29. The molecule has 1 saturated heterocycles. The van der Waals surface area contributed by atoms with E-state index >= 15 is 0 Å². The van der Waals surface area contributed by atoms with E-state index in [0.29, 0.717) is 12.8 Å². The summed E-state index contributed by atoms with van der Waals surface area (Å²) in [6.07, 6.45) is 1.70. The van der Waals surface area contributed by atoms with E-state index in [1.165, 1.54) is 0 Å². The Morgan fingerprint density at radius 1 is 1.41 bits per heavy atom. The van der Waals surface area contributed by atoms with Crippen LogP contribution in [-0.2, 0) is 9.59 Å². The summed E-state index contributed by atoms with van der Waals surface area (Å²) in [5.41, 5.74) is 0.793. The fraction of sp³-hybridized carbons (Fsp3) is 0.385. The molecule has 0 aromatic heterocycles. The van der Waals surface area contributed by atoms with Gasteiger partial charge < -0.3 is 10.4 Å². The minimum absolute atomic E-state index is 0.0104. The number of rotatable bonds is 4. The summed E-state index contributed by atoms with van der Waals surface area (Å²) in [5.74, 6) is -1.36. The van der Waals surface area contributed by atoms with Crippen molar-refractivity contribution in [2.75, 3.05) is 0 Å². The number of benzene rings is 1. The molecule has 1 aromatic rings. The second-order valence-corrected chi connectivity index (χ2v) is 4.34. The topological polar surface area (TPSA) is 66.4 Å². The molecule has 2 atom stereocenters. The molecule has 0 saturated carbocycles. The Balaban J connectivity index is 2.08. The third kappa shape index (κ3) is 2.84. The van der Waals surface area contributed by atoms with Gasteiger partial charge >= 0.3 is 5.97 Å². The Kier molecular flexibility index (Phi) is 3.42. The molecule has 1 amide bonds. The number of nitrogens with one attached hydrogen (secondary N) is 1. The highest BCUT2D eigenvalue weighted by atomic mass is 16.4. The molecule has 0 bridgehead atoms. The Bertz CT molecular complexity index is 416. The first-order valence-corrected chi connectivity index (χ1v) is 5.74. The van der Waals surface area contributed by atoms with Crippen LogP contribution in [0.25, 0.3) is 0 Å². The first-order valence-electron chi connectivity index (χ1n) is 5.74. The van der Waals surface area contributed by atoms with Crippen LogP contribution in [0.15, 0.2) is 30.3 Å².